The number of amides is 2. The summed E-state index contributed by atoms with van der Waals surface area (Å²) in [6, 6.07) is 16.7. The Morgan fingerprint density at radius 2 is 1.75 bits per heavy atom. The molecule has 0 aliphatic carbocycles. The molecule has 0 bridgehead atoms. The molecule has 146 valence electrons. The molecule has 0 fully saturated rings. The maximum atomic E-state index is 13.0. The molecule has 1 heterocycles. The van der Waals surface area contributed by atoms with Crippen LogP contribution in [0.3, 0.4) is 0 Å². The summed E-state index contributed by atoms with van der Waals surface area (Å²) in [7, 11) is 1.68. The van der Waals surface area contributed by atoms with E-state index in [4.69, 9.17) is 0 Å². The number of nitrogens with zero attached hydrogens (tertiary/aromatic N) is 4. The summed E-state index contributed by atoms with van der Waals surface area (Å²) in [6.45, 7) is 3.85. The fourth-order valence-corrected chi connectivity index (χ4v) is 3.11. The summed E-state index contributed by atoms with van der Waals surface area (Å²) in [6.07, 6.45) is 0.444. The summed E-state index contributed by atoms with van der Waals surface area (Å²) in [5.41, 5.74) is 2.61. The Kier molecular flexibility index (Phi) is 6.03. The second-order valence-electron chi connectivity index (χ2n) is 7.09. The number of hydrogen-bond acceptors (Lipinski definition) is 4. The number of carbonyl (C=O) groups is 2. The Labute approximate surface area is 164 Å². The molecule has 3 aromatic rings. The van der Waals surface area contributed by atoms with E-state index < -0.39 is 6.04 Å². The van der Waals surface area contributed by atoms with Gasteiger partial charge in [0.15, 0.2) is 0 Å². The van der Waals surface area contributed by atoms with Crippen molar-refractivity contribution in [2.45, 2.75) is 33.0 Å². The van der Waals surface area contributed by atoms with Gasteiger partial charge in [-0.3, -0.25) is 9.59 Å². The topological polar surface area (TPSA) is 80.1 Å². The first-order valence-electron chi connectivity index (χ1n) is 9.34. The van der Waals surface area contributed by atoms with E-state index >= 15 is 0 Å². The molecule has 0 aliphatic heterocycles. The van der Waals surface area contributed by atoms with Gasteiger partial charge in [-0.1, -0.05) is 61.5 Å². The summed E-state index contributed by atoms with van der Waals surface area (Å²) < 4.78 is 1.64. The summed E-state index contributed by atoms with van der Waals surface area (Å²) in [5.74, 6) is -0.474. The van der Waals surface area contributed by atoms with Crippen LogP contribution in [0.15, 0.2) is 54.6 Å². The Balaban J connectivity index is 1.76. The number of nitrogens with one attached hydrogen (secondary N) is 1. The lowest BCUT2D eigenvalue weighted by atomic mass is 10.0. The normalized spacial score (nSPS) is 12.1. The minimum Gasteiger partial charge on any atom is -0.335 e. The lowest BCUT2D eigenvalue weighted by Gasteiger charge is -2.29. The van der Waals surface area contributed by atoms with Crippen LogP contribution in [0.25, 0.3) is 11.0 Å². The van der Waals surface area contributed by atoms with Gasteiger partial charge in [0.2, 0.25) is 11.8 Å². The molecule has 1 atom stereocenters. The molecule has 0 spiro atoms. The van der Waals surface area contributed by atoms with E-state index in [0.29, 0.717) is 6.42 Å². The number of carbonyl (C=O) groups excluding carboxylic acids is 2. The van der Waals surface area contributed by atoms with Crippen LogP contribution in [-0.4, -0.2) is 44.8 Å². The van der Waals surface area contributed by atoms with E-state index in [1.165, 1.54) is 4.90 Å². The summed E-state index contributed by atoms with van der Waals surface area (Å²) >= 11 is 0. The lowest BCUT2D eigenvalue weighted by Crippen LogP contribution is -2.50. The van der Waals surface area contributed by atoms with Crippen molar-refractivity contribution >= 4 is 22.8 Å². The number of hydrogen-bond donors (Lipinski definition) is 1. The number of rotatable bonds is 7. The maximum Gasteiger partial charge on any atom is 0.244 e. The van der Waals surface area contributed by atoms with E-state index in [1.54, 1.807) is 11.7 Å². The number of benzene rings is 2. The zero-order valence-corrected chi connectivity index (χ0v) is 16.4. The average Bonchev–Trinajstić information content (AvgIpc) is 3.13. The molecule has 28 heavy (non-hydrogen) atoms. The highest BCUT2D eigenvalue weighted by Crippen LogP contribution is 2.12. The zero-order valence-electron chi connectivity index (χ0n) is 16.4. The third-order valence-electron chi connectivity index (χ3n) is 4.71. The fraction of sp³-hybridized carbons (Fsp3) is 0.333. The first kappa shape index (κ1) is 19.5. The molecule has 3 rings (SSSR count). The SMILES string of the molecule is CC(C)C(=O)N(C)C(Cc1ccccc1)C(=O)NCn1nnc2ccccc21. The number of fused-ring (bicyclic) bond motifs is 1. The van der Waals surface area contributed by atoms with Crippen molar-refractivity contribution in [3.63, 3.8) is 0 Å². The third kappa shape index (κ3) is 4.36. The van der Waals surface area contributed by atoms with Gasteiger partial charge in [0, 0.05) is 19.4 Å². The van der Waals surface area contributed by atoms with E-state index in [1.807, 2.05) is 68.4 Å². The largest absolute Gasteiger partial charge is 0.335 e. The molecule has 0 radical (unpaired) electrons. The number of para-hydroxylation sites is 1. The van der Waals surface area contributed by atoms with E-state index in [-0.39, 0.29) is 24.4 Å². The molecule has 0 saturated carbocycles. The summed E-state index contributed by atoms with van der Waals surface area (Å²) in [5, 5.41) is 11.1. The molecule has 1 unspecified atom stereocenters. The van der Waals surface area contributed by atoms with Gasteiger partial charge in [-0.2, -0.15) is 0 Å². The Bertz CT molecular complexity index is 952. The Morgan fingerprint density at radius 3 is 2.46 bits per heavy atom. The van der Waals surface area contributed by atoms with Gasteiger partial charge in [0.1, 0.15) is 18.2 Å². The molecule has 1 N–H and O–H groups in total. The monoisotopic (exact) mass is 379 g/mol. The van der Waals surface area contributed by atoms with Crippen LogP contribution in [0.4, 0.5) is 0 Å². The highest BCUT2D eigenvalue weighted by molar-refractivity contribution is 5.88. The molecule has 0 saturated heterocycles. The lowest BCUT2D eigenvalue weighted by molar-refractivity contribution is -0.141. The first-order chi connectivity index (χ1) is 13.5. The van der Waals surface area contributed by atoms with Gasteiger partial charge < -0.3 is 10.2 Å². The number of likely N-dealkylation sites (N-methyl/N-ethyl adjacent to an activating group) is 1. The van der Waals surface area contributed by atoms with Crippen molar-refractivity contribution in [2.24, 2.45) is 5.92 Å². The van der Waals surface area contributed by atoms with Crippen molar-refractivity contribution in [1.82, 2.24) is 25.2 Å². The fourth-order valence-electron chi connectivity index (χ4n) is 3.11. The second-order valence-corrected chi connectivity index (χ2v) is 7.09. The molecule has 1 aromatic heterocycles. The summed E-state index contributed by atoms with van der Waals surface area (Å²) in [4.78, 5) is 27.0. The molecule has 0 aliphatic rings. The minimum atomic E-state index is -0.605. The van der Waals surface area contributed by atoms with Crippen LogP contribution in [-0.2, 0) is 22.7 Å². The first-order valence-corrected chi connectivity index (χ1v) is 9.34. The molecule has 7 heteroatoms. The van der Waals surface area contributed by atoms with Crippen molar-refractivity contribution in [2.75, 3.05) is 7.05 Å². The highest BCUT2D eigenvalue weighted by atomic mass is 16.2. The quantitative estimate of drug-likeness (QED) is 0.683. The predicted octanol–water partition coefficient (Wildman–Crippen LogP) is 2.23. The van der Waals surface area contributed by atoms with Gasteiger partial charge in [-0.15, -0.1) is 5.10 Å². The van der Waals surface area contributed by atoms with Crippen LogP contribution in [0.5, 0.6) is 0 Å². The van der Waals surface area contributed by atoms with Crippen LogP contribution in [0, 0.1) is 5.92 Å². The predicted molar refractivity (Wildman–Crippen MR) is 107 cm³/mol. The average molecular weight is 379 g/mol. The minimum absolute atomic E-state index is 0.0673. The van der Waals surface area contributed by atoms with Crippen LogP contribution in [0.1, 0.15) is 19.4 Å². The molecule has 2 aromatic carbocycles. The zero-order chi connectivity index (χ0) is 20.1. The highest BCUT2D eigenvalue weighted by Gasteiger charge is 2.28. The third-order valence-corrected chi connectivity index (χ3v) is 4.71. The van der Waals surface area contributed by atoms with E-state index in [2.05, 4.69) is 15.6 Å². The number of aromatic nitrogens is 3. The van der Waals surface area contributed by atoms with Gasteiger partial charge in [-0.05, 0) is 17.7 Å². The van der Waals surface area contributed by atoms with Crippen molar-refractivity contribution < 1.29 is 9.59 Å². The maximum absolute atomic E-state index is 13.0. The van der Waals surface area contributed by atoms with Gasteiger partial charge in [0.05, 0.1) is 5.52 Å². The van der Waals surface area contributed by atoms with Gasteiger partial charge >= 0.3 is 0 Å². The van der Waals surface area contributed by atoms with Crippen molar-refractivity contribution in [3.05, 3.63) is 60.2 Å². The Morgan fingerprint density at radius 1 is 1.07 bits per heavy atom. The van der Waals surface area contributed by atoms with Crippen molar-refractivity contribution in [3.8, 4) is 0 Å². The molecular formula is C21H25N5O2. The Hall–Kier alpha value is -3.22. The van der Waals surface area contributed by atoms with Gasteiger partial charge in [-0.25, -0.2) is 4.68 Å². The van der Waals surface area contributed by atoms with Gasteiger partial charge in [0.25, 0.3) is 0 Å². The smallest absolute Gasteiger partial charge is 0.244 e. The molecule has 7 nitrogen and oxygen atoms in total. The van der Waals surface area contributed by atoms with Crippen LogP contribution in [0.2, 0.25) is 0 Å². The second kappa shape index (κ2) is 8.65. The molecule has 2 amide bonds. The van der Waals surface area contributed by atoms with Crippen molar-refractivity contribution in [1.29, 1.82) is 0 Å². The van der Waals surface area contributed by atoms with E-state index in [9.17, 15) is 9.59 Å². The van der Waals surface area contributed by atoms with Crippen LogP contribution >= 0.6 is 0 Å². The molecular weight excluding hydrogens is 354 g/mol. The standard InChI is InChI=1S/C21H25N5O2/c1-15(2)21(28)25(3)19(13-16-9-5-4-6-10-16)20(27)22-14-26-18-12-8-7-11-17(18)23-24-26/h4-12,15,19H,13-14H2,1-3H3,(H,22,27). The van der Waals surface area contributed by atoms with Crippen LogP contribution < -0.4 is 5.32 Å². The van der Waals surface area contributed by atoms with E-state index in [0.717, 1.165) is 16.6 Å².